The van der Waals surface area contributed by atoms with Crippen LogP contribution in [0.25, 0.3) is 0 Å². The Hall–Kier alpha value is -2.33. The number of aliphatic hydroxyl groups is 1. The summed E-state index contributed by atoms with van der Waals surface area (Å²) in [5.41, 5.74) is 5.67. The van der Waals surface area contributed by atoms with E-state index in [2.05, 4.69) is 11.8 Å². The first kappa shape index (κ1) is 19.0. The molecule has 0 aliphatic rings. The van der Waals surface area contributed by atoms with Gasteiger partial charge < -0.3 is 20.7 Å². The SMILES string of the molecule is C[C@H](CCc1ccc(C#CCOc2ccc(C(=O)O)cc2)s1)C(N)O. The smallest absolute Gasteiger partial charge is 0.335 e. The third-order valence-electron chi connectivity index (χ3n) is 3.71. The van der Waals surface area contributed by atoms with Crippen LogP contribution in [0.3, 0.4) is 0 Å². The number of nitrogens with two attached hydrogens (primary N) is 1. The summed E-state index contributed by atoms with van der Waals surface area (Å²) in [5, 5.41) is 18.1. The summed E-state index contributed by atoms with van der Waals surface area (Å²) < 4.78 is 5.47. The second kappa shape index (κ2) is 9.23. The first-order valence-corrected chi connectivity index (χ1v) is 8.74. The summed E-state index contributed by atoms with van der Waals surface area (Å²) >= 11 is 1.62. The number of benzene rings is 1. The number of aromatic carboxylic acids is 1. The minimum atomic E-state index is -0.963. The fourth-order valence-corrected chi connectivity index (χ4v) is 2.95. The molecule has 0 saturated heterocycles. The van der Waals surface area contributed by atoms with Crippen LogP contribution >= 0.6 is 11.3 Å². The molecule has 25 heavy (non-hydrogen) atoms. The summed E-state index contributed by atoms with van der Waals surface area (Å²) in [6, 6.07) is 10.2. The molecule has 1 aromatic heterocycles. The van der Waals surface area contributed by atoms with Crippen molar-refractivity contribution in [2.75, 3.05) is 6.61 Å². The van der Waals surface area contributed by atoms with E-state index in [-0.39, 0.29) is 18.1 Å². The van der Waals surface area contributed by atoms with E-state index in [9.17, 15) is 9.90 Å². The van der Waals surface area contributed by atoms with Gasteiger partial charge in [0, 0.05) is 4.88 Å². The van der Waals surface area contributed by atoms with Crippen LogP contribution in [0.4, 0.5) is 0 Å². The van der Waals surface area contributed by atoms with E-state index >= 15 is 0 Å². The highest BCUT2D eigenvalue weighted by Crippen LogP contribution is 2.19. The van der Waals surface area contributed by atoms with E-state index in [4.69, 9.17) is 15.6 Å². The molecular formula is C19H21NO4S. The minimum Gasteiger partial charge on any atom is -0.481 e. The molecule has 2 aromatic rings. The van der Waals surface area contributed by atoms with Crippen molar-refractivity contribution in [2.45, 2.75) is 26.0 Å². The second-order valence-electron chi connectivity index (χ2n) is 5.69. The summed E-state index contributed by atoms with van der Waals surface area (Å²) in [4.78, 5) is 12.9. The van der Waals surface area contributed by atoms with Gasteiger partial charge in [-0.15, -0.1) is 11.3 Å². The number of hydrogen-bond acceptors (Lipinski definition) is 5. The third kappa shape index (κ3) is 6.24. The zero-order valence-electron chi connectivity index (χ0n) is 13.9. The first-order valence-electron chi connectivity index (χ1n) is 7.93. The average molecular weight is 359 g/mol. The van der Waals surface area contributed by atoms with Crippen LogP contribution in [-0.4, -0.2) is 29.0 Å². The van der Waals surface area contributed by atoms with Crippen molar-refractivity contribution in [3.63, 3.8) is 0 Å². The average Bonchev–Trinajstić information content (AvgIpc) is 3.04. The lowest BCUT2D eigenvalue weighted by Crippen LogP contribution is -2.27. The normalized spacial score (nSPS) is 12.8. The van der Waals surface area contributed by atoms with Crippen molar-refractivity contribution in [3.8, 4) is 17.6 Å². The maximum Gasteiger partial charge on any atom is 0.335 e. The first-order chi connectivity index (χ1) is 12.0. The van der Waals surface area contributed by atoms with Crippen LogP contribution in [0.5, 0.6) is 5.75 Å². The Balaban J connectivity index is 1.80. The third-order valence-corrected chi connectivity index (χ3v) is 4.78. The summed E-state index contributed by atoms with van der Waals surface area (Å²) in [6.45, 7) is 2.16. The fourth-order valence-electron chi connectivity index (χ4n) is 2.06. The molecule has 0 fully saturated rings. The number of ether oxygens (including phenoxy) is 1. The van der Waals surface area contributed by atoms with Crippen molar-refractivity contribution in [2.24, 2.45) is 11.7 Å². The van der Waals surface area contributed by atoms with E-state index in [0.717, 1.165) is 17.7 Å². The quantitative estimate of drug-likeness (QED) is 0.522. The lowest BCUT2D eigenvalue weighted by molar-refractivity contribution is 0.0697. The van der Waals surface area contributed by atoms with Gasteiger partial charge in [-0.05, 0) is 55.2 Å². The molecule has 0 aliphatic heterocycles. The fraction of sp³-hybridized carbons (Fsp3) is 0.316. The van der Waals surface area contributed by atoms with E-state index < -0.39 is 12.2 Å². The Morgan fingerprint density at radius 1 is 1.28 bits per heavy atom. The number of hydrogen-bond donors (Lipinski definition) is 3. The van der Waals surface area contributed by atoms with Gasteiger partial charge in [0.05, 0.1) is 10.4 Å². The topological polar surface area (TPSA) is 92.8 Å². The molecule has 2 atom stereocenters. The van der Waals surface area contributed by atoms with E-state index in [0.29, 0.717) is 5.75 Å². The van der Waals surface area contributed by atoms with Crippen LogP contribution in [-0.2, 0) is 6.42 Å². The molecule has 0 saturated carbocycles. The van der Waals surface area contributed by atoms with Gasteiger partial charge in [0.15, 0.2) is 0 Å². The molecule has 1 unspecified atom stereocenters. The number of carboxylic acid groups (broad SMARTS) is 1. The van der Waals surface area contributed by atoms with Gasteiger partial charge >= 0.3 is 5.97 Å². The molecule has 132 valence electrons. The zero-order valence-corrected chi connectivity index (χ0v) is 14.8. The molecule has 0 bridgehead atoms. The van der Waals surface area contributed by atoms with Gasteiger partial charge in [0.25, 0.3) is 0 Å². The molecule has 2 rings (SSSR count). The number of aliphatic hydroxyl groups excluding tert-OH is 1. The summed E-state index contributed by atoms with van der Waals surface area (Å²) in [5.74, 6) is 5.68. The molecule has 1 heterocycles. The van der Waals surface area contributed by atoms with Gasteiger partial charge in [-0.2, -0.15) is 0 Å². The number of thiophene rings is 1. The molecule has 0 aliphatic carbocycles. The van der Waals surface area contributed by atoms with Gasteiger partial charge in [0.1, 0.15) is 18.6 Å². The minimum absolute atomic E-state index is 0.0672. The van der Waals surface area contributed by atoms with Crippen LogP contribution in [0.15, 0.2) is 36.4 Å². The van der Waals surface area contributed by atoms with E-state index in [1.165, 1.54) is 17.0 Å². The molecule has 0 radical (unpaired) electrons. The molecule has 0 amide bonds. The van der Waals surface area contributed by atoms with Gasteiger partial charge in [-0.25, -0.2) is 4.79 Å². The largest absolute Gasteiger partial charge is 0.481 e. The Labute approximate surface area is 151 Å². The van der Waals surface area contributed by atoms with Crippen LogP contribution in [0, 0.1) is 17.8 Å². The number of carbonyl (C=O) groups is 1. The highest BCUT2D eigenvalue weighted by Gasteiger charge is 2.09. The van der Waals surface area contributed by atoms with Crippen LogP contribution in [0.2, 0.25) is 0 Å². The van der Waals surface area contributed by atoms with Crippen molar-refractivity contribution in [1.82, 2.24) is 0 Å². The molecule has 5 nitrogen and oxygen atoms in total. The van der Waals surface area contributed by atoms with Crippen LogP contribution in [0.1, 0.15) is 33.5 Å². The van der Waals surface area contributed by atoms with Gasteiger partial charge in [-0.1, -0.05) is 18.8 Å². The predicted octanol–water partition coefficient (Wildman–Crippen LogP) is 2.72. The van der Waals surface area contributed by atoms with E-state index in [1.807, 2.05) is 19.1 Å². The Morgan fingerprint density at radius 3 is 2.64 bits per heavy atom. The monoisotopic (exact) mass is 359 g/mol. The highest BCUT2D eigenvalue weighted by molar-refractivity contribution is 7.12. The maximum atomic E-state index is 10.8. The maximum absolute atomic E-state index is 10.8. The predicted molar refractivity (Wildman–Crippen MR) is 97.8 cm³/mol. The number of aryl methyl sites for hydroxylation is 1. The molecule has 6 heteroatoms. The second-order valence-corrected chi connectivity index (χ2v) is 6.86. The molecule has 0 spiro atoms. The summed E-state index contributed by atoms with van der Waals surface area (Å²) in [6.07, 6.45) is 0.926. The number of carboxylic acids is 1. The van der Waals surface area contributed by atoms with E-state index in [1.54, 1.807) is 23.5 Å². The number of rotatable bonds is 7. The Bertz CT molecular complexity index is 756. The van der Waals surface area contributed by atoms with Crippen molar-refractivity contribution >= 4 is 17.3 Å². The Kier molecular flexibility index (Phi) is 7.02. The summed E-state index contributed by atoms with van der Waals surface area (Å²) in [7, 11) is 0. The lowest BCUT2D eigenvalue weighted by atomic mass is 10.0. The molecule has 1 aromatic carbocycles. The zero-order chi connectivity index (χ0) is 18.2. The molecule has 4 N–H and O–H groups in total. The highest BCUT2D eigenvalue weighted by atomic mass is 32.1. The van der Waals surface area contributed by atoms with Gasteiger partial charge in [-0.3, -0.25) is 0 Å². The molecular weight excluding hydrogens is 338 g/mol. The Morgan fingerprint density at radius 2 is 2.00 bits per heavy atom. The van der Waals surface area contributed by atoms with Gasteiger partial charge in [0.2, 0.25) is 0 Å². The van der Waals surface area contributed by atoms with Crippen molar-refractivity contribution in [1.29, 1.82) is 0 Å². The van der Waals surface area contributed by atoms with Crippen LogP contribution < -0.4 is 10.5 Å². The van der Waals surface area contributed by atoms with Crippen molar-refractivity contribution < 1.29 is 19.7 Å². The standard InChI is InChI=1S/C19H21NO4S/c1-13(18(20)21)4-9-17-11-10-16(25-17)3-2-12-24-15-7-5-14(6-8-15)19(22)23/h5-8,10-11,13,18,21H,4,9,12,20H2,1H3,(H,22,23)/t13-,18?/m1/s1. The van der Waals surface area contributed by atoms with Crippen molar-refractivity contribution in [3.05, 3.63) is 51.7 Å². The lowest BCUT2D eigenvalue weighted by Gasteiger charge is -2.12.